The summed E-state index contributed by atoms with van der Waals surface area (Å²) in [5.41, 5.74) is 0.772. The number of nitrogens with zero attached hydrogens (tertiary/aromatic N) is 1. The lowest BCUT2D eigenvalue weighted by Gasteiger charge is -2.05. The fourth-order valence-corrected chi connectivity index (χ4v) is 1.29. The third-order valence-electron chi connectivity index (χ3n) is 1.91. The zero-order chi connectivity index (χ0) is 10.7. The van der Waals surface area contributed by atoms with Crippen molar-refractivity contribution >= 4 is 5.90 Å². The molecule has 1 heterocycles. The first kappa shape index (κ1) is 9.89. The summed E-state index contributed by atoms with van der Waals surface area (Å²) in [4.78, 5) is 4.10. The maximum Gasteiger partial charge on any atom is 0.387 e. The summed E-state index contributed by atoms with van der Waals surface area (Å²) in [7, 11) is 0. The minimum atomic E-state index is -2.80. The van der Waals surface area contributed by atoms with Gasteiger partial charge in [0.15, 0.2) is 0 Å². The third kappa shape index (κ3) is 2.43. The monoisotopic (exact) mass is 213 g/mol. The molecule has 0 saturated carbocycles. The number of benzene rings is 1. The second kappa shape index (κ2) is 4.25. The highest BCUT2D eigenvalue weighted by Gasteiger charge is 2.10. The Hall–Kier alpha value is -1.65. The van der Waals surface area contributed by atoms with Crippen molar-refractivity contribution in [2.45, 2.75) is 6.61 Å². The summed E-state index contributed by atoms with van der Waals surface area (Å²) >= 11 is 0. The summed E-state index contributed by atoms with van der Waals surface area (Å²) in [5, 5.41) is 0. The number of halogens is 2. The van der Waals surface area contributed by atoms with Gasteiger partial charge in [0.1, 0.15) is 12.4 Å². The van der Waals surface area contributed by atoms with Gasteiger partial charge >= 0.3 is 6.61 Å². The fourth-order valence-electron chi connectivity index (χ4n) is 1.29. The van der Waals surface area contributed by atoms with Crippen LogP contribution in [0, 0.1) is 0 Å². The Morgan fingerprint density at radius 2 is 2.00 bits per heavy atom. The summed E-state index contributed by atoms with van der Waals surface area (Å²) in [6.07, 6.45) is 0. The maximum absolute atomic E-state index is 11.9. The lowest BCUT2D eigenvalue weighted by molar-refractivity contribution is -0.0498. The highest BCUT2D eigenvalue weighted by molar-refractivity contribution is 5.94. The number of alkyl halides is 2. The van der Waals surface area contributed by atoms with Crippen LogP contribution in [0.15, 0.2) is 29.3 Å². The number of rotatable bonds is 3. The Kier molecular flexibility index (Phi) is 2.80. The molecule has 0 radical (unpaired) electrons. The van der Waals surface area contributed by atoms with Crippen LogP contribution in [-0.4, -0.2) is 25.7 Å². The van der Waals surface area contributed by atoms with E-state index >= 15 is 0 Å². The molecule has 1 aromatic rings. The predicted octanol–water partition coefficient (Wildman–Crippen LogP) is 2.06. The van der Waals surface area contributed by atoms with Crippen molar-refractivity contribution in [3.05, 3.63) is 29.8 Å². The van der Waals surface area contributed by atoms with Gasteiger partial charge in [-0.1, -0.05) is 0 Å². The van der Waals surface area contributed by atoms with Crippen molar-refractivity contribution < 1.29 is 18.3 Å². The molecule has 0 amide bonds. The normalized spacial score (nSPS) is 15.0. The van der Waals surface area contributed by atoms with E-state index in [1.54, 1.807) is 12.1 Å². The maximum atomic E-state index is 11.9. The SMILES string of the molecule is FC(F)Oc1ccc(C2=NCCO2)cc1. The fraction of sp³-hybridized carbons (Fsp3) is 0.300. The van der Waals surface area contributed by atoms with Crippen LogP contribution in [0.25, 0.3) is 0 Å². The van der Waals surface area contributed by atoms with E-state index in [2.05, 4.69) is 9.73 Å². The van der Waals surface area contributed by atoms with E-state index in [1.807, 2.05) is 0 Å². The predicted molar refractivity (Wildman–Crippen MR) is 50.4 cm³/mol. The molecule has 1 aliphatic heterocycles. The van der Waals surface area contributed by atoms with Gasteiger partial charge in [0, 0.05) is 5.56 Å². The van der Waals surface area contributed by atoms with Crippen LogP contribution in [0.2, 0.25) is 0 Å². The highest BCUT2D eigenvalue weighted by atomic mass is 19.3. The Bertz CT molecular complexity index is 362. The molecule has 1 aliphatic rings. The van der Waals surface area contributed by atoms with Gasteiger partial charge in [-0.25, -0.2) is 4.99 Å². The van der Waals surface area contributed by atoms with E-state index in [-0.39, 0.29) is 5.75 Å². The molecule has 3 nitrogen and oxygen atoms in total. The zero-order valence-corrected chi connectivity index (χ0v) is 7.82. The van der Waals surface area contributed by atoms with Crippen molar-refractivity contribution in [3.63, 3.8) is 0 Å². The molecular formula is C10H9F2NO2. The van der Waals surface area contributed by atoms with E-state index in [9.17, 15) is 8.78 Å². The summed E-state index contributed by atoms with van der Waals surface area (Å²) in [6.45, 7) is -1.58. The van der Waals surface area contributed by atoms with E-state index in [0.717, 1.165) is 5.56 Å². The van der Waals surface area contributed by atoms with Gasteiger partial charge in [-0.15, -0.1) is 0 Å². The van der Waals surface area contributed by atoms with E-state index in [1.165, 1.54) is 12.1 Å². The topological polar surface area (TPSA) is 30.8 Å². The van der Waals surface area contributed by atoms with Gasteiger partial charge in [0.05, 0.1) is 6.54 Å². The van der Waals surface area contributed by atoms with Gasteiger partial charge in [-0.3, -0.25) is 0 Å². The van der Waals surface area contributed by atoms with Crippen LogP contribution in [0.4, 0.5) is 8.78 Å². The average Bonchev–Trinajstić information content (AvgIpc) is 2.71. The van der Waals surface area contributed by atoms with Gasteiger partial charge < -0.3 is 9.47 Å². The van der Waals surface area contributed by atoms with Crippen molar-refractivity contribution in [1.29, 1.82) is 0 Å². The molecule has 0 aliphatic carbocycles. The Morgan fingerprint density at radius 3 is 2.53 bits per heavy atom. The molecule has 2 rings (SSSR count). The molecule has 0 unspecified atom stereocenters. The number of hydrogen-bond donors (Lipinski definition) is 0. The molecule has 0 atom stereocenters. The van der Waals surface area contributed by atoms with Crippen molar-refractivity contribution in [2.75, 3.05) is 13.2 Å². The lowest BCUT2D eigenvalue weighted by atomic mass is 10.2. The molecule has 80 valence electrons. The largest absolute Gasteiger partial charge is 0.476 e. The first-order valence-electron chi connectivity index (χ1n) is 4.48. The molecule has 15 heavy (non-hydrogen) atoms. The molecule has 0 spiro atoms. The van der Waals surface area contributed by atoms with Crippen LogP contribution in [-0.2, 0) is 4.74 Å². The second-order valence-corrected chi connectivity index (χ2v) is 2.94. The van der Waals surface area contributed by atoms with Crippen molar-refractivity contribution in [3.8, 4) is 5.75 Å². The molecule has 0 saturated heterocycles. The Labute approximate surface area is 85.3 Å². The second-order valence-electron chi connectivity index (χ2n) is 2.94. The number of hydrogen-bond acceptors (Lipinski definition) is 3. The van der Waals surface area contributed by atoms with Crippen LogP contribution in [0.5, 0.6) is 5.75 Å². The highest BCUT2D eigenvalue weighted by Crippen LogP contribution is 2.16. The van der Waals surface area contributed by atoms with Gasteiger partial charge in [0.25, 0.3) is 0 Å². The van der Waals surface area contributed by atoms with Crippen LogP contribution in [0.3, 0.4) is 0 Å². The zero-order valence-electron chi connectivity index (χ0n) is 7.82. The van der Waals surface area contributed by atoms with E-state index in [4.69, 9.17) is 4.74 Å². The van der Waals surface area contributed by atoms with Crippen molar-refractivity contribution in [2.24, 2.45) is 4.99 Å². The van der Waals surface area contributed by atoms with Gasteiger partial charge in [-0.2, -0.15) is 8.78 Å². The molecule has 0 N–H and O–H groups in total. The molecule has 0 aromatic heterocycles. The first-order chi connectivity index (χ1) is 7.25. The molecule has 1 aromatic carbocycles. The minimum Gasteiger partial charge on any atom is -0.476 e. The minimum absolute atomic E-state index is 0.132. The van der Waals surface area contributed by atoms with E-state index < -0.39 is 6.61 Å². The first-order valence-corrected chi connectivity index (χ1v) is 4.48. The lowest BCUT2D eigenvalue weighted by Crippen LogP contribution is -2.03. The summed E-state index contributed by atoms with van der Waals surface area (Å²) < 4.78 is 33.1. The smallest absolute Gasteiger partial charge is 0.387 e. The van der Waals surface area contributed by atoms with Crippen LogP contribution >= 0.6 is 0 Å². The van der Waals surface area contributed by atoms with Gasteiger partial charge in [-0.05, 0) is 24.3 Å². The molecule has 5 heteroatoms. The van der Waals surface area contributed by atoms with E-state index in [0.29, 0.717) is 19.0 Å². The number of aliphatic imine (C=N–C) groups is 1. The average molecular weight is 213 g/mol. The van der Waals surface area contributed by atoms with Crippen LogP contribution < -0.4 is 4.74 Å². The van der Waals surface area contributed by atoms with Gasteiger partial charge in [0.2, 0.25) is 5.90 Å². The Balaban J connectivity index is 2.10. The molecular weight excluding hydrogens is 204 g/mol. The standard InChI is InChI=1S/C10H9F2NO2/c11-10(12)15-8-3-1-7(2-4-8)9-13-5-6-14-9/h1-4,10H,5-6H2. The summed E-state index contributed by atoms with van der Waals surface area (Å²) in [5.74, 6) is 0.686. The summed E-state index contributed by atoms with van der Waals surface area (Å²) in [6, 6.07) is 6.21. The molecule has 0 bridgehead atoms. The third-order valence-corrected chi connectivity index (χ3v) is 1.91. The quantitative estimate of drug-likeness (QED) is 0.769. The Morgan fingerprint density at radius 1 is 1.27 bits per heavy atom. The number of ether oxygens (including phenoxy) is 2. The van der Waals surface area contributed by atoms with Crippen LogP contribution in [0.1, 0.15) is 5.56 Å². The van der Waals surface area contributed by atoms with Crippen molar-refractivity contribution in [1.82, 2.24) is 0 Å². The molecule has 0 fully saturated rings.